The van der Waals surface area contributed by atoms with Crippen molar-refractivity contribution in [3.8, 4) is 22.7 Å². The molecule has 6 aromatic rings. The van der Waals surface area contributed by atoms with Gasteiger partial charge in [0.25, 0.3) is 0 Å². The fourth-order valence-corrected chi connectivity index (χ4v) is 7.74. The summed E-state index contributed by atoms with van der Waals surface area (Å²) in [6.07, 6.45) is 6.46. The van der Waals surface area contributed by atoms with Crippen molar-refractivity contribution in [1.82, 2.24) is 38.9 Å². The van der Waals surface area contributed by atoms with Gasteiger partial charge < -0.3 is 19.3 Å². The van der Waals surface area contributed by atoms with Gasteiger partial charge in [-0.05, 0) is 49.2 Å². The first-order valence-electron chi connectivity index (χ1n) is 17.7. The molecule has 2 atom stereocenters. The Morgan fingerprint density at radius 2 is 1.79 bits per heavy atom. The van der Waals surface area contributed by atoms with Crippen LogP contribution in [0, 0.1) is 11.6 Å². The molecule has 1 unspecified atom stereocenters. The molecular formula is C38H37F2N9O3. The van der Waals surface area contributed by atoms with Crippen LogP contribution < -0.4 is 9.64 Å². The third kappa shape index (κ3) is 6.01. The first-order chi connectivity index (χ1) is 25.5. The number of ether oxygens (including phenoxy) is 2. The zero-order chi connectivity index (χ0) is 35.2. The molecule has 1 amide bonds. The van der Waals surface area contributed by atoms with Crippen LogP contribution in [-0.2, 0) is 16.0 Å². The molecule has 0 radical (unpaired) electrons. The van der Waals surface area contributed by atoms with Gasteiger partial charge in [-0.3, -0.25) is 14.1 Å². The lowest BCUT2D eigenvalue weighted by Crippen LogP contribution is -2.49. The molecule has 4 aromatic heterocycles. The van der Waals surface area contributed by atoms with E-state index in [0.29, 0.717) is 61.9 Å². The molecule has 2 fully saturated rings. The van der Waals surface area contributed by atoms with Gasteiger partial charge in [-0.15, -0.1) is 0 Å². The Balaban J connectivity index is 1.11. The molecule has 14 heteroatoms. The van der Waals surface area contributed by atoms with E-state index in [-0.39, 0.29) is 17.7 Å². The number of morpholine rings is 1. The Hall–Kier alpha value is -5.47. The summed E-state index contributed by atoms with van der Waals surface area (Å²) >= 11 is 0. The van der Waals surface area contributed by atoms with Gasteiger partial charge in [0, 0.05) is 62.7 Å². The number of aromatic nitrogens is 6. The first-order valence-corrected chi connectivity index (χ1v) is 17.7. The number of nitrogens with zero attached hydrogens (tertiary/aromatic N) is 9. The number of fused-ring (bicyclic) bond motifs is 6. The van der Waals surface area contributed by atoms with Gasteiger partial charge in [-0.25, -0.2) is 28.4 Å². The highest BCUT2D eigenvalue weighted by molar-refractivity contribution is 5.92. The minimum atomic E-state index is -0.765. The minimum absolute atomic E-state index is 0.00875. The standard InChI is InChI=1S/C38H37F2N9O3/c39-26-9-10-33(31(40)19-26)49-37-30(22-44-49)36(42-24-43-37)47-23-29-20-34(47)38(50)46(13-12-45-14-16-51-17-15-45)11-3-5-27-21-41-35-8-2-7-32(48(27)35)25-4-1-6-28(18-25)52-29/h1-2,4,6-10,18-19,21-22,24,29,34H,3,5,11-17,20,23H2/t29?,34-/m0/s1. The quantitative estimate of drug-likeness (QED) is 0.256. The molecular weight excluding hydrogens is 668 g/mol. The number of rotatable bonds is 5. The number of hydrogen-bond donors (Lipinski definition) is 0. The average Bonchev–Trinajstić information content (AvgIpc) is 3.90. The van der Waals surface area contributed by atoms with E-state index in [1.807, 2.05) is 46.3 Å². The number of anilines is 1. The third-order valence-electron chi connectivity index (χ3n) is 10.3. The van der Waals surface area contributed by atoms with Gasteiger partial charge in [0.05, 0.1) is 37.0 Å². The van der Waals surface area contributed by atoms with Crippen LogP contribution in [0.4, 0.5) is 14.6 Å². The SMILES string of the molecule is O=C1[C@@H]2CC(CN2c2ncnc3c2cnn3-c2ccc(F)cc2F)Oc2cccc(c2)-c2cccc3ncc(n23)CCCN1CCN1CCOCC1. The lowest BCUT2D eigenvalue weighted by atomic mass is 10.1. The van der Waals surface area contributed by atoms with E-state index in [9.17, 15) is 13.6 Å². The predicted octanol–water partition coefficient (Wildman–Crippen LogP) is 4.54. The molecule has 0 saturated carbocycles. The second-order valence-electron chi connectivity index (χ2n) is 13.5. The van der Waals surface area contributed by atoms with Crippen LogP contribution in [0.5, 0.6) is 5.75 Å². The maximum Gasteiger partial charge on any atom is 0.245 e. The number of carbonyl (C=O) groups excluding carboxylic acids is 1. The monoisotopic (exact) mass is 705 g/mol. The topological polar surface area (TPSA) is 106 Å². The third-order valence-corrected chi connectivity index (χ3v) is 10.3. The smallest absolute Gasteiger partial charge is 0.245 e. The number of imidazole rings is 1. The van der Waals surface area contributed by atoms with Crippen LogP contribution in [0.2, 0.25) is 0 Å². The number of pyridine rings is 1. The fraction of sp³-hybridized carbons (Fsp3) is 0.342. The van der Waals surface area contributed by atoms with E-state index in [1.165, 1.54) is 23.1 Å². The van der Waals surface area contributed by atoms with Crippen molar-refractivity contribution in [2.75, 3.05) is 57.4 Å². The number of benzene rings is 2. The summed E-state index contributed by atoms with van der Waals surface area (Å²) in [5, 5.41) is 4.98. The Labute approximate surface area is 298 Å². The maximum atomic E-state index is 14.9. The second kappa shape index (κ2) is 13.6. The van der Waals surface area contributed by atoms with Crippen molar-refractivity contribution in [3.05, 3.63) is 96.7 Å². The highest BCUT2D eigenvalue weighted by atomic mass is 19.1. The molecule has 0 aliphatic carbocycles. The molecule has 2 saturated heterocycles. The lowest BCUT2D eigenvalue weighted by molar-refractivity contribution is -0.133. The lowest BCUT2D eigenvalue weighted by Gasteiger charge is -2.33. The van der Waals surface area contributed by atoms with Gasteiger partial charge >= 0.3 is 0 Å². The van der Waals surface area contributed by atoms with Gasteiger partial charge in [-0.2, -0.15) is 5.10 Å². The molecule has 9 rings (SSSR count). The van der Waals surface area contributed by atoms with Crippen molar-refractivity contribution in [2.45, 2.75) is 31.4 Å². The number of hydrogen-bond acceptors (Lipinski definition) is 9. The van der Waals surface area contributed by atoms with Crippen LogP contribution in [-0.4, -0.2) is 109 Å². The van der Waals surface area contributed by atoms with Crippen molar-refractivity contribution in [1.29, 1.82) is 0 Å². The highest BCUT2D eigenvalue weighted by Gasteiger charge is 2.42. The van der Waals surface area contributed by atoms with Crippen molar-refractivity contribution in [3.63, 3.8) is 0 Å². The average molecular weight is 706 g/mol. The van der Waals surface area contributed by atoms with Crippen LogP contribution in [0.25, 0.3) is 33.6 Å². The zero-order valence-electron chi connectivity index (χ0n) is 28.4. The molecule has 4 bridgehead atoms. The number of amides is 1. The first kappa shape index (κ1) is 32.4. The summed E-state index contributed by atoms with van der Waals surface area (Å²) in [6.45, 7) is 5.25. The van der Waals surface area contributed by atoms with Crippen molar-refractivity contribution in [2.24, 2.45) is 0 Å². The summed E-state index contributed by atoms with van der Waals surface area (Å²) in [6, 6.07) is 16.9. The Morgan fingerprint density at radius 3 is 2.67 bits per heavy atom. The highest BCUT2D eigenvalue weighted by Crippen LogP contribution is 2.35. The predicted molar refractivity (Wildman–Crippen MR) is 190 cm³/mol. The summed E-state index contributed by atoms with van der Waals surface area (Å²) in [7, 11) is 0. The molecule has 2 aromatic carbocycles. The van der Waals surface area contributed by atoms with Gasteiger partial charge in [0.1, 0.15) is 47.2 Å². The van der Waals surface area contributed by atoms with Crippen LogP contribution in [0.1, 0.15) is 18.5 Å². The fourth-order valence-electron chi connectivity index (χ4n) is 7.74. The van der Waals surface area contributed by atoms with Crippen LogP contribution >= 0.6 is 0 Å². The largest absolute Gasteiger partial charge is 0.488 e. The normalized spacial score (nSPS) is 19.9. The summed E-state index contributed by atoms with van der Waals surface area (Å²) < 4.78 is 44.5. The molecule has 7 heterocycles. The number of aryl methyl sites for hydroxylation is 1. The molecule has 266 valence electrons. The van der Waals surface area contributed by atoms with Crippen LogP contribution in [0.3, 0.4) is 0 Å². The molecule has 0 spiro atoms. The molecule has 3 aliphatic rings. The Kier molecular flexibility index (Phi) is 8.47. The summed E-state index contributed by atoms with van der Waals surface area (Å²) in [5.74, 6) is -0.263. The molecule has 52 heavy (non-hydrogen) atoms. The van der Waals surface area contributed by atoms with Crippen molar-refractivity contribution >= 4 is 28.4 Å². The summed E-state index contributed by atoms with van der Waals surface area (Å²) in [5.41, 5.74) is 4.38. The van der Waals surface area contributed by atoms with Gasteiger partial charge in [-0.1, -0.05) is 18.2 Å². The van der Waals surface area contributed by atoms with Crippen LogP contribution in [0.15, 0.2) is 79.4 Å². The molecule has 0 N–H and O–H groups in total. The van der Waals surface area contributed by atoms with E-state index in [4.69, 9.17) is 14.5 Å². The Bertz CT molecular complexity index is 2270. The number of carbonyl (C=O) groups is 1. The minimum Gasteiger partial charge on any atom is -0.488 e. The second-order valence-corrected chi connectivity index (χ2v) is 13.5. The van der Waals surface area contributed by atoms with E-state index >= 15 is 0 Å². The molecule has 12 nitrogen and oxygen atoms in total. The molecule has 3 aliphatic heterocycles. The maximum absolute atomic E-state index is 14.9. The van der Waals surface area contributed by atoms with E-state index in [0.717, 1.165) is 61.1 Å². The van der Waals surface area contributed by atoms with E-state index < -0.39 is 17.7 Å². The summed E-state index contributed by atoms with van der Waals surface area (Å²) in [4.78, 5) is 35.0. The van der Waals surface area contributed by atoms with Gasteiger partial charge in [0.15, 0.2) is 11.5 Å². The van der Waals surface area contributed by atoms with Gasteiger partial charge in [0.2, 0.25) is 5.91 Å². The zero-order valence-corrected chi connectivity index (χ0v) is 28.4. The van der Waals surface area contributed by atoms with E-state index in [2.05, 4.69) is 36.5 Å². The Morgan fingerprint density at radius 1 is 0.904 bits per heavy atom. The van der Waals surface area contributed by atoms with E-state index in [1.54, 1.807) is 6.20 Å². The number of halogens is 2. The van der Waals surface area contributed by atoms with Crippen molar-refractivity contribution < 1.29 is 23.0 Å².